The van der Waals surface area contributed by atoms with E-state index in [1.165, 1.54) is 167 Å². The first kappa shape index (κ1) is 73.3. The van der Waals surface area contributed by atoms with Crippen LogP contribution < -0.4 is 0 Å². The molecule has 0 bridgehead atoms. The summed E-state index contributed by atoms with van der Waals surface area (Å²) in [4.78, 5) is 38.0. The van der Waals surface area contributed by atoms with E-state index in [0.717, 1.165) is 109 Å². The van der Waals surface area contributed by atoms with E-state index in [1.807, 2.05) is 0 Å². The molecule has 0 aliphatic rings. The average Bonchev–Trinajstić information content (AvgIpc) is 3.43. The Morgan fingerprint density at radius 2 is 0.506 bits per heavy atom. The molecular formula is C71H122O6. The Balaban J connectivity index is 4.02. The zero-order valence-electron chi connectivity index (χ0n) is 50.7. The van der Waals surface area contributed by atoms with Crippen molar-refractivity contribution in [2.24, 2.45) is 0 Å². The highest BCUT2D eigenvalue weighted by Gasteiger charge is 2.19. The molecule has 0 rings (SSSR count). The normalized spacial score (nSPS) is 12.7. The minimum atomic E-state index is -0.777. The summed E-state index contributed by atoms with van der Waals surface area (Å²) in [7, 11) is 0. The van der Waals surface area contributed by atoms with Gasteiger partial charge in [0.05, 0.1) is 0 Å². The molecule has 6 heteroatoms. The van der Waals surface area contributed by atoms with Gasteiger partial charge in [0, 0.05) is 19.3 Å². The van der Waals surface area contributed by atoms with Crippen LogP contribution in [-0.2, 0) is 28.6 Å². The van der Waals surface area contributed by atoms with Gasteiger partial charge < -0.3 is 14.2 Å². The average molecular weight is 1070 g/mol. The van der Waals surface area contributed by atoms with Crippen LogP contribution in [0.25, 0.3) is 0 Å². The van der Waals surface area contributed by atoms with E-state index in [2.05, 4.69) is 118 Å². The third-order valence-electron chi connectivity index (χ3n) is 14.1. The Morgan fingerprint density at radius 1 is 0.273 bits per heavy atom. The van der Waals surface area contributed by atoms with Gasteiger partial charge in [-0.3, -0.25) is 14.4 Å². The molecule has 0 aromatic rings. The van der Waals surface area contributed by atoms with Crippen LogP contribution in [0.15, 0.2) is 97.2 Å². The molecule has 6 nitrogen and oxygen atoms in total. The molecule has 0 aromatic carbocycles. The van der Waals surface area contributed by atoms with Gasteiger partial charge >= 0.3 is 17.9 Å². The van der Waals surface area contributed by atoms with Crippen LogP contribution in [0.4, 0.5) is 0 Å². The standard InChI is InChI=1S/C71H122O6/c1-4-7-10-13-16-18-20-22-24-26-27-28-29-30-31-32-33-34-35-36-37-38-39-40-41-42-43-45-46-48-50-52-55-58-61-64-70(73)76-67-68(66-75-69(72)63-60-57-54-15-12-9-6-3)77-71(74)65-62-59-56-53-51-49-47-44-25-23-21-19-17-14-11-8-5-2/h7,10,16-19,22-25,27-28,30-31,33-34,68H,4-6,8-9,11-15,20-21,26,29,32,35-67H2,1-3H3/b10-7-,18-16-,19-17-,24-22-,25-23-,28-27-,31-30-,34-33-. The molecule has 0 N–H and O–H groups in total. The molecule has 0 aromatic heterocycles. The highest BCUT2D eigenvalue weighted by atomic mass is 16.6. The summed E-state index contributed by atoms with van der Waals surface area (Å²) < 4.78 is 16.8. The maximum absolute atomic E-state index is 12.8. The van der Waals surface area contributed by atoms with Crippen molar-refractivity contribution < 1.29 is 28.6 Å². The van der Waals surface area contributed by atoms with Crippen molar-refractivity contribution in [3.63, 3.8) is 0 Å². The first-order valence-corrected chi connectivity index (χ1v) is 32.7. The summed E-state index contributed by atoms with van der Waals surface area (Å²) in [6, 6.07) is 0. The van der Waals surface area contributed by atoms with Crippen molar-refractivity contribution >= 4 is 17.9 Å². The van der Waals surface area contributed by atoms with E-state index < -0.39 is 6.10 Å². The lowest BCUT2D eigenvalue weighted by Gasteiger charge is -2.18. The van der Waals surface area contributed by atoms with Crippen LogP contribution in [-0.4, -0.2) is 37.2 Å². The summed E-state index contributed by atoms with van der Waals surface area (Å²) in [5.41, 5.74) is 0. The highest BCUT2D eigenvalue weighted by molar-refractivity contribution is 5.71. The molecule has 0 spiro atoms. The molecule has 0 aliphatic carbocycles. The van der Waals surface area contributed by atoms with Gasteiger partial charge in [-0.1, -0.05) is 291 Å². The second-order valence-electron chi connectivity index (χ2n) is 21.6. The molecule has 0 fully saturated rings. The molecule has 0 saturated heterocycles. The van der Waals surface area contributed by atoms with E-state index in [0.29, 0.717) is 19.3 Å². The van der Waals surface area contributed by atoms with Crippen molar-refractivity contribution in [2.45, 2.75) is 322 Å². The van der Waals surface area contributed by atoms with Gasteiger partial charge in [0.2, 0.25) is 0 Å². The first-order valence-electron chi connectivity index (χ1n) is 32.7. The summed E-state index contributed by atoms with van der Waals surface area (Å²) in [5.74, 6) is -0.881. The third kappa shape index (κ3) is 63.0. The van der Waals surface area contributed by atoms with E-state index in [-0.39, 0.29) is 31.1 Å². The van der Waals surface area contributed by atoms with Crippen LogP contribution in [0.3, 0.4) is 0 Å². The van der Waals surface area contributed by atoms with Gasteiger partial charge in [-0.25, -0.2) is 0 Å². The van der Waals surface area contributed by atoms with E-state index in [1.54, 1.807) is 0 Å². The van der Waals surface area contributed by atoms with Gasteiger partial charge in [0.1, 0.15) is 13.2 Å². The molecule has 0 aliphatic heterocycles. The smallest absolute Gasteiger partial charge is 0.306 e. The number of hydrogen-bond acceptors (Lipinski definition) is 6. The van der Waals surface area contributed by atoms with E-state index >= 15 is 0 Å². The third-order valence-corrected chi connectivity index (χ3v) is 14.1. The maximum atomic E-state index is 12.8. The van der Waals surface area contributed by atoms with Gasteiger partial charge in [0.25, 0.3) is 0 Å². The lowest BCUT2D eigenvalue weighted by molar-refractivity contribution is -0.167. The van der Waals surface area contributed by atoms with Gasteiger partial charge in [-0.15, -0.1) is 0 Å². The number of ether oxygens (including phenoxy) is 3. The molecule has 1 unspecified atom stereocenters. The fraction of sp³-hybridized carbons (Fsp3) is 0.732. The lowest BCUT2D eigenvalue weighted by atomic mass is 10.0. The number of unbranched alkanes of at least 4 members (excludes halogenated alkanes) is 32. The van der Waals surface area contributed by atoms with Crippen LogP contribution >= 0.6 is 0 Å². The number of rotatable bonds is 59. The predicted molar refractivity (Wildman–Crippen MR) is 334 cm³/mol. The number of hydrogen-bond donors (Lipinski definition) is 0. The van der Waals surface area contributed by atoms with Gasteiger partial charge in [-0.2, -0.15) is 0 Å². The number of allylic oxidation sites excluding steroid dienone is 16. The Kier molecular flexibility index (Phi) is 61.8. The van der Waals surface area contributed by atoms with Crippen LogP contribution in [0.1, 0.15) is 316 Å². The summed E-state index contributed by atoms with van der Waals surface area (Å²) in [5, 5.41) is 0. The summed E-state index contributed by atoms with van der Waals surface area (Å²) in [6.07, 6.45) is 87.4. The predicted octanol–water partition coefficient (Wildman–Crippen LogP) is 22.4. The molecule has 0 amide bonds. The first-order chi connectivity index (χ1) is 38.0. The van der Waals surface area contributed by atoms with Crippen molar-refractivity contribution in [3.05, 3.63) is 97.2 Å². The molecule has 0 radical (unpaired) electrons. The topological polar surface area (TPSA) is 78.9 Å². The SMILES string of the molecule is CC/C=C\C/C=C\C/C=C\C/C=C\C/C=C\C/C=C\CCCCCCCCCCCCCCCCCCC(=O)OCC(COC(=O)CCCCCCCCC)OC(=O)CCCCCCCCC/C=C\C/C=C\CCCCC. The van der Waals surface area contributed by atoms with Gasteiger partial charge in [-0.05, 0) is 103 Å². The van der Waals surface area contributed by atoms with Crippen LogP contribution in [0.2, 0.25) is 0 Å². The van der Waals surface area contributed by atoms with E-state index in [9.17, 15) is 14.4 Å². The Labute approximate surface area is 477 Å². The quantitative estimate of drug-likeness (QED) is 0.0261. The Bertz CT molecular complexity index is 1510. The number of esters is 3. The molecule has 1 atom stereocenters. The molecule has 0 heterocycles. The maximum Gasteiger partial charge on any atom is 0.306 e. The van der Waals surface area contributed by atoms with Crippen LogP contribution in [0.5, 0.6) is 0 Å². The molecule has 0 saturated carbocycles. The monoisotopic (exact) mass is 1070 g/mol. The number of carbonyl (C=O) groups excluding carboxylic acids is 3. The highest BCUT2D eigenvalue weighted by Crippen LogP contribution is 2.17. The minimum absolute atomic E-state index is 0.0768. The molecule has 442 valence electrons. The van der Waals surface area contributed by atoms with Gasteiger partial charge in [0.15, 0.2) is 6.10 Å². The summed E-state index contributed by atoms with van der Waals surface area (Å²) >= 11 is 0. The Morgan fingerprint density at radius 3 is 0.818 bits per heavy atom. The fourth-order valence-corrected chi connectivity index (χ4v) is 9.18. The zero-order valence-corrected chi connectivity index (χ0v) is 50.7. The fourth-order valence-electron chi connectivity index (χ4n) is 9.18. The number of carbonyl (C=O) groups is 3. The van der Waals surface area contributed by atoms with E-state index in [4.69, 9.17) is 14.2 Å². The lowest BCUT2D eigenvalue weighted by Crippen LogP contribution is -2.30. The second kappa shape index (κ2) is 64.9. The minimum Gasteiger partial charge on any atom is -0.462 e. The van der Waals surface area contributed by atoms with Crippen molar-refractivity contribution in [1.29, 1.82) is 0 Å². The summed E-state index contributed by atoms with van der Waals surface area (Å²) in [6.45, 7) is 6.47. The zero-order chi connectivity index (χ0) is 55.7. The second-order valence-corrected chi connectivity index (χ2v) is 21.6. The largest absolute Gasteiger partial charge is 0.462 e. The molecular weight excluding hydrogens is 949 g/mol. The molecule has 77 heavy (non-hydrogen) atoms. The van der Waals surface area contributed by atoms with Crippen LogP contribution in [0, 0.1) is 0 Å². The van der Waals surface area contributed by atoms with Crippen molar-refractivity contribution in [1.82, 2.24) is 0 Å². The van der Waals surface area contributed by atoms with Crippen molar-refractivity contribution in [2.75, 3.05) is 13.2 Å². The van der Waals surface area contributed by atoms with Crippen molar-refractivity contribution in [3.8, 4) is 0 Å². The Hall–Kier alpha value is -3.67.